The third-order valence-corrected chi connectivity index (χ3v) is 5.24. The van der Waals surface area contributed by atoms with E-state index in [0.29, 0.717) is 12.5 Å². The van der Waals surface area contributed by atoms with Crippen LogP contribution in [0.1, 0.15) is 26.2 Å². The summed E-state index contributed by atoms with van der Waals surface area (Å²) in [4.78, 5) is 14.1. The molecule has 2 aliphatic heterocycles. The molecule has 2 fully saturated rings. The molecule has 0 aliphatic carbocycles. The lowest BCUT2D eigenvalue weighted by molar-refractivity contribution is -0.125. The van der Waals surface area contributed by atoms with Gasteiger partial charge in [0, 0.05) is 24.9 Å². The molecule has 0 aromatic rings. The molecular formula is C14H26N2O2S. The maximum atomic E-state index is 11.5. The molecule has 1 amide bonds. The monoisotopic (exact) mass is 286 g/mol. The zero-order chi connectivity index (χ0) is 13.5. The Kier molecular flexibility index (Phi) is 6.47. The highest BCUT2D eigenvalue weighted by atomic mass is 32.2. The molecule has 0 bridgehead atoms. The Morgan fingerprint density at radius 3 is 2.79 bits per heavy atom. The summed E-state index contributed by atoms with van der Waals surface area (Å²) in [6.07, 6.45) is 3.80. The molecule has 4 nitrogen and oxygen atoms in total. The number of thioether (sulfide) groups is 1. The fraction of sp³-hybridized carbons (Fsp3) is 0.929. The first-order chi connectivity index (χ1) is 9.29. The van der Waals surface area contributed by atoms with Crippen molar-refractivity contribution in [2.45, 2.75) is 32.2 Å². The third kappa shape index (κ3) is 4.97. The van der Waals surface area contributed by atoms with Gasteiger partial charge in [-0.1, -0.05) is 0 Å². The second-order valence-electron chi connectivity index (χ2n) is 5.44. The van der Waals surface area contributed by atoms with Crippen LogP contribution in [0.15, 0.2) is 0 Å². The average molecular weight is 286 g/mol. The molecule has 2 rings (SSSR count). The Balaban J connectivity index is 1.59. The lowest BCUT2D eigenvalue weighted by Gasteiger charge is -2.35. The smallest absolute Gasteiger partial charge is 0.246 e. The van der Waals surface area contributed by atoms with Crippen molar-refractivity contribution in [1.29, 1.82) is 0 Å². The highest BCUT2D eigenvalue weighted by Gasteiger charge is 2.27. The number of carbonyl (C=O) groups excluding carboxylic acids is 1. The van der Waals surface area contributed by atoms with Crippen LogP contribution in [-0.2, 0) is 9.53 Å². The normalized spacial score (nSPS) is 25.6. The van der Waals surface area contributed by atoms with Gasteiger partial charge >= 0.3 is 0 Å². The zero-order valence-corrected chi connectivity index (χ0v) is 12.7. The van der Waals surface area contributed by atoms with Crippen LogP contribution in [-0.4, -0.2) is 61.2 Å². The van der Waals surface area contributed by atoms with Gasteiger partial charge < -0.3 is 10.1 Å². The summed E-state index contributed by atoms with van der Waals surface area (Å²) in [5, 5.41) is 2.98. The van der Waals surface area contributed by atoms with Crippen LogP contribution in [0.5, 0.6) is 0 Å². The van der Waals surface area contributed by atoms with E-state index in [1.54, 1.807) is 0 Å². The van der Waals surface area contributed by atoms with Crippen LogP contribution in [0.3, 0.4) is 0 Å². The second-order valence-corrected chi connectivity index (χ2v) is 6.59. The Morgan fingerprint density at radius 2 is 2.16 bits per heavy atom. The highest BCUT2D eigenvalue weighted by molar-refractivity contribution is 7.99. The summed E-state index contributed by atoms with van der Waals surface area (Å²) in [6, 6.07) is 0.818. The molecule has 2 aliphatic rings. The first-order valence-electron chi connectivity index (χ1n) is 7.45. The molecule has 2 heterocycles. The minimum Gasteiger partial charge on any atom is -0.372 e. The molecule has 19 heavy (non-hydrogen) atoms. The number of rotatable bonds is 6. The van der Waals surface area contributed by atoms with Gasteiger partial charge in [-0.15, -0.1) is 0 Å². The predicted octanol–water partition coefficient (Wildman–Crippen LogP) is 1.36. The van der Waals surface area contributed by atoms with Gasteiger partial charge in [0.1, 0.15) is 6.61 Å². The number of ether oxygens (including phenoxy) is 1. The van der Waals surface area contributed by atoms with Crippen LogP contribution in [0.4, 0.5) is 0 Å². The second kappa shape index (κ2) is 8.12. The van der Waals surface area contributed by atoms with E-state index in [4.69, 9.17) is 4.74 Å². The minimum atomic E-state index is 0.0245. The fourth-order valence-corrected chi connectivity index (χ4v) is 4.09. The zero-order valence-electron chi connectivity index (χ0n) is 11.9. The molecule has 0 radical (unpaired) electrons. The van der Waals surface area contributed by atoms with E-state index in [1.165, 1.54) is 43.9 Å². The van der Waals surface area contributed by atoms with E-state index in [1.807, 2.05) is 6.92 Å². The van der Waals surface area contributed by atoms with Crippen molar-refractivity contribution in [3.63, 3.8) is 0 Å². The van der Waals surface area contributed by atoms with E-state index in [9.17, 15) is 4.79 Å². The maximum absolute atomic E-state index is 11.5. The van der Waals surface area contributed by atoms with Crippen molar-refractivity contribution in [3.8, 4) is 0 Å². The molecule has 1 N–H and O–H groups in total. The van der Waals surface area contributed by atoms with Gasteiger partial charge in [-0.25, -0.2) is 0 Å². The standard InChI is InChI=1S/C14H26N2O2S/c1-2-18-10-14(17)15-9-12-3-6-16(7-4-12)13-5-8-19-11-13/h12-13H,2-11H2,1H3,(H,15,17). The third-order valence-electron chi connectivity index (χ3n) is 4.10. The molecule has 0 aromatic carbocycles. The molecule has 1 atom stereocenters. The summed E-state index contributed by atoms with van der Waals surface area (Å²) in [6.45, 7) is 5.94. The molecule has 5 heteroatoms. The fourth-order valence-electron chi connectivity index (χ4n) is 2.84. The van der Waals surface area contributed by atoms with Crippen molar-refractivity contribution in [2.24, 2.45) is 5.92 Å². The molecule has 0 aromatic heterocycles. The molecular weight excluding hydrogens is 260 g/mol. The summed E-state index contributed by atoms with van der Waals surface area (Å²) < 4.78 is 5.10. The molecule has 0 spiro atoms. The lowest BCUT2D eigenvalue weighted by Crippen LogP contribution is -2.44. The van der Waals surface area contributed by atoms with Gasteiger partial charge in [0.15, 0.2) is 0 Å². The summed E-state index contributed by atoms with van der Waals surface area (Å²) in [5.74, 6) is 3.32. The Bertz CT molecular complexity index is 275. The van der Waals surface area contributed by atoms with Crippen LogP contribution < -0.4 is 5.32 Å². The molecule has 2 saturated heterocycles. The van der Waals surface area contributed by atoms with Gasteiger partial charge in [-0.05, 0) is 50.9 Å². The molecule has 0 saturated carbocycles. The summed E-state index contributed by atoms with van der Waals surface area (Å²) >= 11 is 2.09. The quantitative estimate of drug-likeness (QED) is 0.800. The van der Waals surface area contributed by atoms with Crippen molar-refractivity contribution in [2.75, 3.05) is 44.4 Å². The number of piperidine rings is 1. The summed E-state index contributed by atoms with van der Waals surface area (Å²) in [7, 11) is 0. The number of nitrogens with one attached hydrogen (secondary N) is 1. The minimum absolute atomic E-state index is 0.0245. The van der Waals surface area contributed by atoms with E-state index >= 15 is 0 Å². The summed E-state index contributed by atoms with van der Waals surface area (Å²) in [5.41, 5.74) is 0. The van der Waals surface area contributed by atoms with Gasteiger partial charge in [0.05, 0.1) is 0 Å². The largest absolute Gasteiger partial charge is 0.372 e. The van der Waals surface area contributed by atoms with Gasteiger partial charge in [-0.3, -0.25) is 9.69 Å². The number of hydrogen-bond donors (Lipinski definition) is 1. The van der Waals surface area contributed by atoms with Crippen LogP contribution in [0.25, 0.3) is 0 Å². The van der Waals surface area contributed by atoms with E-state index < -0.39 is 0 Å². The van der Waals surface area contributed by atoms with Crippen molar-refractivity contribution < 1.29 is 9.53 Å². The average Bonchev–Trinajstić information content (AvgIpc) is 2.97. The predicted molar refractivity (Wildman–Crippen MR) is 79.5 cm³/mol. The highest BCUT2D eigenvalue weighted by Crippen LogP contribution is 2.26. The maximum Gasteiger partial charge on any atom is 0.246 e. The molecule has 110 valence electrons. The number of nitrogens with zero attached hydrogens (tertiary/aromatic N) is 1. The number of amides is 1. The van der Waals surface area contributed by atoms with Gasteiger partial charge in [0.2, 0.25) is 5.91 Å². The Morgan fingerprint density at radius 1 is 1.37 bits per heavy atom. The first-order valence-corrected chi connectivity index (χ1v) is 8.61. The van der Waals surface area contributed by atoms with Crippen LogP contribution >= 0.6 is 11.8 Å². The number of carbonyl (C=O) groups is 1. The van der Waals surface area contributed by atoms with Gasteiger partial charge in [-0.2, -0.15) is 11.8 Å². The van der Waals surface area contributed by atoms with Gasteiger partial charge in [0.25, 0.3) is 0 Å². The number of hydrogen-bond acceptors (Lipinski definition) is 4. The topological polar surface area (TPSA) is 41.6 Å². The lowest BCUT2D eigenvalue weighted by atomic mass is 9.95. The first kappa shape index (κ1) is 15.1. The van der Waals surface area contributed by atoms with E-state index in [2.05, 4.69) is 22.0 Å². The van der Waals surface area contributed by atoms with E-state index in [0.717, 1.165) is 12.6 Å². The Labute approximate surface area is 120 Å². The van der Waals surface area contributed by atoms with Crippen LogP contribution in [0.2, 0.25) is 0 Å². The van der Waals surface area contributed by atoms with Crippen molar-refractivity contribution >= 4 is 17.7 Å². The number of likely N-dealkylation sites (tertiary alicyclic amines) is 1. The Hall–Kier alpha value is -0.260. The van der Waals surface area contributed by atoms with Crippen molar-refractivity contribution in [1.82, 2.24) is 10.2 Å². The SMILES string of the molecule is CCOCC(=O)NCC1CCN(C2CCSC2)CC1. The molecule has 1 unspecified atom stereocenters. The van der Waals surface area contributed by atoms with E-state index in [-0.39, 0.29) is 12.5 Å². The van der Waals surface area contributed by atoms with Crippen LogP contribution in [0, 0.1) is 5.92 Å². The van der Waals surface area contributed by atoms with Crippen molar-refractivity contribution in [3.05, 3.63) is 0 Å².